The van der Waals surface area contributed by atoms with Gasteiger partial charge in [-0.15, -0.1) is 0 Å². The van der Waals surface area contributed by atoms with Gasteiger partial charge in [-0.2, -0.15) is 0 Å². The Bertz CT molecular complexity index is 848. The fraction of sp³-hybridized carbons (Fsp3) is 0.350. The largest absolute Gasteiger partial charge is 0.462 e. The third-order valence-electron chi connectivity index (χ3n) is 4.26. The highest BCUT2D eigenvalue weighted by molar-refractivity contribution is 6.08. The normalized spacial score (nSPS) is 15.6. The first kappa shape index (κ1) is 17.9. The van der Waals surface area contributed by atoms with Crippen molar-refractivity contribution >= 4 is 17.7 Å². The van der Waals surface area contributed by atoms with Gasteiger partial charge in [0, 0.05) is 24.7 Å². The minimum atomic E-state index is -0.409. The summed E-state index contributed by atoms with van der Waals surface area (Å²) in [6.07, 6.45) is 0.469. The summed E-state index contributed by atoms with van der Waals surface area (Å²) >= 11 is 0. The summed E-state index contributed by atoms with van der Waals surface area (Å²) in [5.41, 5.74) is 1.85. The smallest absolute Gasteiger partial charge is 0.315 e. The molecule has 0 saturated heterocycles. The van der Waals surface area contributed by atoms with Crippen LogP contribution in [0, 0.1) is 0 Å². The summed E-state index contributed by atoms with van der Waals surface area (Å²) in [5, 5.41) is 0. The molecule has 0 radical (unpaired) electrons. The number of ketones is 1. The molecule has 2 aromatic rings. The summed E-state index contributed by atoms with van der Waals surface area (Å²) in [5.74, 6) is -0.728. The Labute approximate surface area is 151 Å². The molecule has 26 heavy (non-hydrogen) atoms. The predicted octanol–water partition coefficient (Wildman–Crippen LogP) is 3.08. The highest BCUT2D eigenvalue weighted by atomic mass is 16.5. The Morgan fingerprint density at radius 3 is 2.38 bits per heavy atom. The molecule has 1 aliphatic rings. The van der Waals surface area contributed by atoms with Gasteiger partial charge < -0.3 is 14.0 Å². The van der Waals surface area contributed by atoms with E-state index in [1.807, 2.05) is 24.5 Å². The molecule has 0 fully saturated rings. The number of rotatable bonds is 5. The first-order chi connectivity index (χ1) is 12.4. The summed E-state index contributed by atoms with van der Waals surface area (Å²) < 4.78 is 12.2. The van der Waals surface area contributed by atoms with Gasteiger partial charge >= 0.3 is 11.9 Å². The third-order valence-corrected chi connectivity index (χ3v) is 4.26. The molecule has 1 atom stereocenters. The van der Waals surface area contributed by atoms with E-state index in [4.69, 9.17) is 9.47 Å². The minimum Gasteiger partial charge on any atom is -0.462 e. The fourth-order valence-corrected chi connectivity index (χ4v) is 3.18. The van der Waals surface area contributed by atoms with E-state index in [2.05, 4.69) is 0 Å². The number of esters is 2. The van der Waals surface area contributed by atoms with E-state index in [1.54, 1.807) is 30.3 Å². The number of aromatic nitrogens is 1. The van der Waals surface area contributed by atoms with Gasteiger partial charge in [0.2, 0.25) is 5.78 Å². The van der Waals surface area contributed by atoms with E-state index >= 15 is 0 Å². The van der Waals surface area contributed by atoms with Crippen LogP contribution in [-0.4, -0.2) is 28.4 Å². The second-order valence-corrected chi connectivity index (χ2v) is 6.57. The van der Waals surface area contributed by atoms with E-state index in [0.717, 1.165) is 5.69 Å². The first-order valence-corrected chi connectivity index (χ1v) is 8.60. The SMILES string of the molecule is CC(=O)Oc1ccc(C(=O)c2ccc3n2CC[C@@H]3C(=O)OC(C)C)cc1. The van der Waals surface area contributed by atoms with Crippen molar-refractivity contribution in [2.45, 2.75) is 45.8 Å². The number of fused-ring (bicyclic) bond motifs is 1. The van der Waals surface area contributed by atoms with Gasteiger partial charge in [0.15, 0.2) is 0 Å². The van der Waals surface area contributed by atoms with E-state index in [-0.39, 0.29) is 23.8 Å². The van der Waals surface area contributed by atoms with Crippen LogP contribution in [0.25, 0.3) is 0 Å². The molecule has 0 amide bonds. The molecule has 2 heterocycles. The van der Waals surface area contributed by atoms with Crippen molar-refractivity contribution in [1.82, 2.24) is 4.57 Å². The number of carbonyl (C=O) groups excluding carboxylic acids is 3. The topological polar surface area (TPSA) is 74.6 Å². The van der Waals surface area contributed by atoms with E-state index in [0.29, 0.717) is 30.0 Å². The van der Waals surface area contributed by atoms with Crippen LogP contribution in [0.2, 0.25) is 0 Å². The van der Waals surface area contributed by atoms with Crippen molar-refractivity contribution in [3.8, 4) is 5.75 Å². The molecule has 0 spiro atoms. The number of hydrogen-bond donors (Lipinski definition) is 0. The molecule has 1 aromatic carbocycles. The van der Waals surface area contributed by atoms with Crippen molar-refractivity contribution < 1.29 is 23.9 Å². The summed E-state index contributed by atoms with van der Waals surface area (Å²) in [4.78, 5) is 36.0. The molecule has 6 heteroatoms. The first-order valence-electron chi connectivity index (χ1n) is 8.60. The lowest BCUT2D eigenvalue weighted by Gasteiger charge is -2.12. The van der Waals surface area contributed by atoms with Crippen molar-refractivity contribution in [1.29, 1.82) is 0 Å². The summed E-state index contributed by atoms with van der Waals surface area (Å²) in [7, 11) is 0. The number of benzene rings is 1. The molecule has 3 rings (SSSR count). The number of carbonyl (C=O) groups is 3. The maximum Gasteiger partial charge on any atom is 0.315 e. The van der Waals surface area contributed by atoms with Gasteiger partial charge in [0.1, 0.15) is 5.75 Å². The molecular weight excluding hydrogens is 334 g/mol. The standard InChI is InChI=1S/C20H21NO5/c1-12(2)25-20(24)16-10-11-21-17(16)8-9-18(21)19(23)14-4-6-15(7-5-14)26-13(3)22/h4-9,12,16H,10-11H2,1-3H3/t16-/m0/s1. The van der Waals surface area contributed by atoms with Gasteiger partial charge in [0.05, 0.1) is 17.7 Å². The lowest BCUT2D eigenvalue weighted by atomic mass is 10.1. The average Bonchev–Trinajstić information content (AvgIpc) is 3.15. The Morgan fingerprint density at radius 2 is 1.77 bits per heavy atom. The quantitative estimate of drug-likeness (QED) is 0.468. The second kappa shape index (κ2) is 7.15. The van der Waals surface area contributed by atoms with E-state index < -0.39 is 5.97 Å². The van der Waals surface area contributed by atoms with Crippen molar-refractivity contribution in [3.63, 3.8) is 0 Å². The fourth-order valence-electron chi connectivity index (χ4n) is 3.18. The van der Waals surface area contributed by atoms with Crippen molar-refractivity contribution in [3.05, 3.63) is 53.3 Å². The average molecular weight is 355 g/mol. The minimum absolute atomic E-state index is 0.136. The molecule has 6 nitrogen and oxygen atoms in total. The Balaban J connectivity index is 1.80. The molecule has 0 saturated carbocycles. The predicted molar refractivity (Wildman–Crippen MR) is 94.2 cm³/mol. The van der Waals surface area contributed by atoms with Crippen LogP contribution in [0.4, 0.5) is 0 Å². The summed E-state index contributed by atoms with van der Waals surface area (Å²) in [6.45, 7) is 5.57. The van der Waals surface area contributed by atoms with Crippen LogP contribution in [0.5, 0.6) is 5.75 Å². The number of nitrogens with zero attached hydrogens (tertiary/aromatic N) is 1. The maximum absolute atomic E-state index is 12.8. The third kappa shape index (κ3) is 3.54. The molecule has 1 aromatic heterocycles. The zero-order chi connectivity index (χ0) is 18.8. The summed E-state index contributed by atoms with van der Waals surface area (Å²) in [6, 6.07) is 9.99. The van der Waals surface area contributed by atoms with Crippen LogP contribution in [0.1, 0.15) is 54.9 Å². The monoisotopic (exact) mass is 355 g/mol. The van der Waals surface area contributed by atoms with Crippen LogP contribution < -0.4 is 4.74 Å². The Hall–Kier alpha value is -2.89. The number of hydrogen-bond acceptors (Lipinski definition) is 5. The number of ether oxygens (including phenoxy) is 2. The van der Waals surface area contributed by atoms with Crippen LogP contribution in [0.3, 0.4) is 0 Å². The highest BCUT2D eigenvalue weighted by Gasteiger charge is 2.33. The molecule has 0 unspecified atom stereocenters. The van der Waals surface area contributed by atoms with E-state index in [9.17, 15) is 14.4 Å². The maximum atomic E-state index is 12.8. The molecule has 0 N–H and O–H groups in total. The van der Waals surface area contributed by atoms with Gasteiger partial charge in [-0.25, -0.2) is 0 Å². The molecule has 136 valence electrons. The molecule has 0 bridgehead atoms. The lowest BCUT2D eigenvalue weighted by molar-refractivity contribution is -0.149. The van der Waals surface area contributed by atoms with Gasteiger partial charge in [-0.1, -0.05) is 0 Å². The van der Waals surface area contributed by atoms with E-state index in [1.165, 1.54) is 6.92 Å². The van der Waals surface area contributed by atoms with Gasteiger partial charge in [0.25, 0.3) is 0 Å². The zero-order valence-corrected chi connectivity index (χ0v) is 15.0. The lowest BCUT2D eigenvalue weighted by Crippen LogP contribution is -2.18. The van der Waals surface area contributed by atoms with Crippen LogP contribution in [-0.2, 0) is 20.9 Å². The molecule has 0 aliphatic carbocycles. The molecule has 1 aliphatic heterocycles. The van der Waals surface area contributed by atoms with Crippen LogP contribution in [0.15, 0.2) is 36.4 Å². The highest BCUT2D eigenvalue weighted by Crippen LogP contribution is 2.32. The zero-order valence-electron chi connectivity index (χ0n) is 15.0. The van der Waals surface area contributed by atoms with Crippen molar-refractivity contribution in [2.75, 3.05) is 0 Å². The van der Waals surface area contributed by atoms with Crippen LogP contribution >= 0.6 is 0 Å². The second-order valence-electron chi connectivity index (χ2n) is 6.57. The van der Waals surface area contributed by atoms with Gasteiger partial charge in [-0.05, 0) is 56.7 Å². The Kier molecular flexibility index (Phi) is 4.93. The Morgan fingerprint density at radius 1 is 1.08 bits per heavy atom. The van der Waals surface area contributed by atoms with Crippen molar-refractivity contribution in [2.24, 2.45) is 0 Å². The van der Waals surface area contributed by atoms with Gasteiger partial charge in [-0.3, -0.25) is 14.4 Å². The molecular formula is C20H21NO5.